The molecule has 4 aromatic rings. The van der Waals surface area contributed by atoms with E-state index in [1.807, 2.05) is 48.7 Å². The van der Waals surface area contributed by atoms with Crippen molar-refractivity contribution < 1.29 is 0 Å². The number of nitrogens with two attached hydrogens (primary N) is 1. The van der Waals surface area contributed by atoms with Gasteiger partial charge in [0.1, 0.15) is 5.84 Å². The fourth-order valence-corrected chi connectivity index (χ4v) is 2.48. The second kappa shape index (κ2) is 4.96. The highest BCUT2D eigenvalue weighted by molar-refractivity contribution is 6.03. The van der Waals surface area contributed by atoms with E-state index in [1.165, 1.54) is 0 Å². The van der Waals surface area contributed by atoms with E-state index in [-0.39, 0.29) is 0 Å². The number of aromatic amines is 1. The lowest BCUT2D eigenvalue weighted by atomic mass is 10.1. The Balaban J connectivity index is 1.83. The highest BCUT2D eigenvalue weighted by Crippen LogP contribution is 2.24. The predicted octanol–water partition coefficient (Wildman–Crippen LogP) is 3.15. The van der Waals surface area contributed by atoms with Crippen molar-refractivity contribution in [2.45, 2.75) is 0 Å². The first-order chi connectivity index (χ1) is 10.8. The predicted molar refractivity (Wildman–Crippen MR) is 88.2 cm³/mol. The van der Waals surface area contributed by atoms with Crippen LogP contribution in [-0.4, -0.2) is 20.8 Å². The van der Waals surface area contributed by atoms with Gasteiger partial charge in [0.15, 0.2) is 0 Å². The van der Waals surface area contributed by atoms with Crippen LogP contribution < -0.4 is 5.73 Å². The van der Waals surface area contributed by atoms with Gasteiger partial charge in [-0.25, -0.2) is 9.98 Å². The van der Waals surface area contributed by atoms with Crippen LogP contribution in [0.4, 0.5) is 5.69 Å². The molecule has 0 aliphatic heterocycles. The summed E-state index contributed by atoms with van der Waals surface area (Å²) in [6, 6.07) is 13.8. The molecule has 0 aliphatic carbocycles. The monoisotopic (exact) mass is 287 g/mol. The maximum Gasteiger partial charge on any atom is 0.131 e. The van der Waals surface area contributed by atoms with Crippen molar-refractivity contribution in [1.29, 1.82) is 0 Å². The Morgan fingerprint density at radius 3 is 2.95 bits per heavy atom. The average molecular weight is 287 g/mol. The number of hydrogen-bond acceptors (Lipinski definition) is 3. The van der Waals surface area contributed by atoms with E-state index in [1.54, 1.807) is 12.5 Å². The van der Waals surface area contributed by atoms with Crippen LogP contribution in [-0.2, 0) is 0 Å². The molecule has 2 heterocycles. The Morgan fingerprint density at radius 2 is 2.00 bits per heavy atom. The molecule has 2 aromatic carbocycles. The van der Waals surface area contributed by atoms with E-state index >= 15 is 0 Å². The van der Waals surface area contributed by atoms with Gasteiger partial charge in [0, 0.05) is 22.5 Å². The highest BCUT2D eigenvalue weighted by atomic mass is 14.9. The lowest BCUT2D eigenvalue weighted by Crippen LogP contribution is -2.12. The molecular formula is C17H13N5. The molecule has 0 bridgehead atoms. The first kappa shape index (κ1) is 12.5. The molecule has 0 radical (unpaired) electrons. The number of rotatable bonds is 2. The Morgan fingerprint density at radius 1 is 1.09 bits per heavy atom. The van der Waals surface area contributed by atoms with E-state index in [0.29, 0.717) is 5.84 Å². The number of imidazole rings is 1. The zero-order valence-electron chi connectivity index (χ0n) is 11.7. The van der Waals surface area contributed by atoms with Crippen molar-refractivity contribution in [3.8, 4) is 0 Å². The van der Waals surface area contributed by atoms with Gasteiger partial charge >= 0.3 is 0 Å². The highest BCUT2D eigenvalue weighted by Gasteiger charge is 2.05. The number of benzene rings is 2. The number of aliphatic imine (C=N–C) groups is 1. The summed E-state index contributed by atoms with van der Waals surface area (Å²) in [4.78, 5) is 16.0. The molecule has 5 nitrogen and oxygen atoms in total. The summed E-state index contributed by atoms with van der Waals surface area (Å²) < 4.78 is 0. The summed E-state index contributed by atoms with van der Waals surface area (Å²) in [5, 5.41) is 2.07. The van der Waals surface area contributed by atoms with E-state index in [2.05, 4.69) is 19.9 Å². The molecule has 3 N–H and O–H groups in total. The lowest BCUT2D eigenvalue weighted by Gasteiger charge is -2.04. The molecule has 22 heavy (non-hydrogen) atoms. The van der Waals surface area contributed by atoms with Crippen LogP contribution in [0.3, 0.4) is 0 Å². The van der Waals surface area contributed by atoms with Gasteiger partial charge in [0.05, 0.1) is 29.2 Å². The van der Waals surface area contributed by atoms with Crippen molar-refractivity contribution in [2.24, 2.45) is 10.7 Å². The standard InChI is InChI=1S/C17H13N5/c18-17(11-5-6-14-15(7-11)21-10-20-14)22-16-9-19-8-12-3-1-2-4-13(12)16/h1-10H,(H2,18,22)(H,20,21). The van der Waals surface area contributed by atoms with Crippen LogP contribution in [0.5, 0.6) is 0 Å². The van der Waals surface area contributed by atoms with Crippen LogP contribution in [0.1, 0.15) is 5.56 Å². The molecule has 5 heteroatoms. The number of aromatic nitrogens is 3. The number of amidine groups is 1. The summed E-state index contributed by atoms with van der Waals surface area (Å²) in [5.74, 6) is 0.453. The van der Waals surface area contributed by atoms with Gasteiger partial charge in [-0.3, -0.25) is 4.98 Å². The smallest absolute Gasteiger partial charge is 0.131 e. The van der Waals surface area contributed by atoms with Crippen LogP contribution in [0.25, 0.3) is 21.8 Å². The van der Waals surface area contributed by atoms with Gasteiger partial charge in [-0.05, 0) is 18.2 Å². The van der Waals surface area contributed by atoms with E-state index < -0.39 is 0 Å². The molecular weight excluding hydrogens is 274 g/mol. The minimum Gasteiger partial charge on any atom is -0.383 e. The van der Waals surface area contributed by atoms with E-state index in [4.69, 9.17) is 5.73 Å². The van der Waals surface area contributed by atoms with Gasteiger partial charge in [0.2, 0.25) is 0 Å². The molecule has 0 unspecified atom stereocenters. The number of H-pyrrole nitrogens is 1. The van der Waals surface area contributed by atoms with Crippen LogP contribution in [0.2, 0.25) is 0 Å². The second-order valence-electron chi connectivity index (χ2n) is 5.01. The largest absolute Gasteiger partial charge is 0.383 e. The molecule has 106 valence electrons. The minimum atomic E-state index is 0.453. The fourth-order valence-electron chi connectivity index (χ4n) is 2.48. The summed E-state index contributed by atoms with van der Waals surface area (Å²) in [6.45, 7) is 0. The summed E-state index contributed by atoms with van der Waals surface area (Å²) in [5.41, 5.74) is 9.62. The quantitative estimate of drug-likeness (QED) is 0.439. The molecule has 0 saturated carbocycles. The molecule has 0 amide bonds. The Kier molecular flexibility index (Phi) is 2.83. The zero-order valence-corrected chi connectivity index (χ0v) is 11.7. The third-order valence-corrected chi connectivity index (χ3v) is 3.60. The molecule has 0 aliphatic rings. The molecule has 0 atom stereocenters. The molecule has 0 saturated heterocycles. The van der Waals surface area contributed by atoms with Crippen molar-refractivity contribution in [2.75, 3.05) is 0 Å². The number of fused-ring (bicyclic) bond motifs is 2. The van der Waals surface area contributed by atoms with Crippen LogP contribution in [0.15, 0.2) is 66.2 Å². The second-order valence-corrected chi connectivity index (χ2v) is 5.01. The maximum absolute atomic E-state index is 6.17. The Labute approximate surface area is 126 Å². The molecule has 4 rings (SSSR count). The topological polar surface area (TPSA) is 79.9 Å². The number of hydrogen-bond donors (Lipinski definition) is 2. The Hall–Kier alpha value is -3.21. The molecule has 0 fully saturated rings. The fraction of sp³-hybridized carbons (Fsp3) is 0. The van der Waals surface area contributed by atoms with Crippen molar-refractivity contribution in [1.82, 2.24) is 15.0 Å². The van der Waals surface area contributed by atoms with Crippen molar-refractivity contribution in [3.05, 3.63) is 66.7 Å². The lowest BCUT2D eigenvalue weighted by molar-refractivity contribution is 1.33. The summed E-state index contributed by atoms with van der Waals surface area (Å²) in [7, 11) is 0. The van der Waals surface area contributed by atoms with Gasteiger partial charge in [0.25, 0.3) is 0 Å². The molecule has 0 spiro atoms. The van der Waals surface area contributed by atoms with Crippen LogP contribution >= 0.6 is 0 Å². The number of nitrogens with zero attached hydrogens (tertiary/aromatic N) is 3. The SMILES string of the molecule is NC(=Nc1cncc2ccccc12)c1ccc2nc[nH]c2c1. The van der Waals surface area contributed by atoms with Crippen molar-refractivity contribution >= 4 is 33.3 Å². The van der Waals surface area contributed by atoms with Gasteiger partial charge < -0.3 is 10.7 Å². The van der Waals surface area contributed by atoms with E-state index in [0.717, 1.165) is 33.1 Å². The number of pyridine rings is 1. The van der Waals surface area contributed by atoms with Crippen molar-refractivity contribution in [3.63, 3.8) is 0 Å². The maximum atomic E-state index is 6.17. The van der Waals surface area contributed by atoms with E-state index in [9.17, 15) is 0 Å². The van der Waals surface area contributed by atoms with Gasteiger partial charge in [-0.15, -0.1) is 0 Å². The number of nitrogens with one attached hydrogen (secondary N) is 1. The summed E-state index contributed by atoms with van der Waals surface area (Å²) >= 11 is 0. The summed E-state index contributed by atoms with van der Waals surface area (Å²) in [6.07, 6.45) is 5.21. The van der Waals surface area contributed by atoms with Gasteiger partial charge in [-0.1, -0.05) is 24.3 Å². The third kappa shape index (κ3) is 2.09. The third-order valence-electron chi connectivity index (χ3n) is 3.60. The van der Waals surface area contributed by atoms with Gasteiger partial charge in [-0.2, -0.15) is 0 Å². The zero-order chi connectivity index (χ0) is 14.9. The average Bonchev–Trinajstić information content (AvgIpc) is 3.02. The van der Waals surface area contributed by atoms with Crippen LogP contribution in [0, 0.1) is 0 Å². The molecule has 2 aromatic heterocycles. The Bertz CT molecular complexity index is 995. The minimum absolute atomic E-state index is 0.453. The normalized spacial score (nSPS) is 12.1. The first-order valence-corrected chi connectivity index (χ1v) is 6.92. The first-order valence-electron chi connectivity index (χ1n) is 6.92.